The summed E-state index contributed by atoms with van der Waals surface area (Å²) in [4.78, 5) is 28.4. The van der Waals surface area contributed by atoms with E-state index < -0.39 is 6.04 Å². The number of carbonyl (C=O) groups excluding carboxylic acids is 2. The molecule has 36 heavy (non-hydrogen) atoms. The second-order valence-electron chi connectivity index (χ2n) is 8.52. The van der Waals surface area contributed by atoms with Gasteiger partial charge in [-0.25, -0.2) is 0 Å². The number of aryl methyl sites for hydroxylation is 2. The zero-order valence-electron chi connectivity index (χ0n) is 20.5. The van der Waals surface area contributed by atoms with Crippen molar-refractivity contribution < 1.29 is 14.3 Å². The predicted molar refractivity (Wildman–Crippen MR) is 149 cm³/mol. The number of hydrogen-bond donors (Lipinski definition) is 1. The van der Waals surface area contributed by atoms with Crippen LogP contribution in [0, 0.1) is 13.8 Å². The number of ether oxygens (including phenoxy) is 1. The first-order chi connectivity index (χ1) is 17.2. The van der Waals surface area contributed by atoms with E-state index in [1.807, 2.05) is 63.2 Å². The fourth-order valence-electron chi connectivity index (χ4n) is 3.90. The minimum absolute atomic E-state index is 0.130. The van der Waals surface area contributed by atoms with E-state index in [2.05, 4.69) is 21.2 Å². The summed E-state index contributed by atoms with van der Waals surface area (Å²) >= 11 is 16.1. The Bertz CT molecular complexity index is 1200. The molecule has 0 aromatic heterocycles. The highest BCUT2D eigenvalue weighted by Crippen LogP contribution is 2.27. The highest BCUT2D eigenvalue weighted by molar-refractivity contribution is 9.10. The lowest BCUT2D eigenvalue weighted by Gasteiger charge is -2.31. The van der Waals surface area contributed by atoms with Crippen molar-refractivity contribution in [2.75, 3.05) is 13.2 Å². The van der Waals surface area contributed by atoms with Gasteiger partial charge in [0.2, 0.25) is 5.91 Å². The summed E-state index contributed by atoms with van der Waals surface area (Å²) in [6.07, 6.45) is 0.347. The van der Waals surface area contributed by atoms with E-state index in [4.69, 9.17) is 27.9 Å². The number of nitrogens with zero attached hydrogens (tertiary/aromatic N) is 1. The molecule has 0 saturated heterocycles. The number of benzene rings is 3. The van der Waals surface area contributed by atoms with Gasteiger partial charge in [0.1, 0.15) is 11.8 Å². The molecule has 0 saturated carbocycles. The van der Waals surface area contributed by atoms with Gasteiger partial charge in [0.25, 0.3) is 5.91 Å². The average Bonchev–Trinajstić information content (AvgIpc) is 2.85. The molecule has 2 amide bonds. The minimum atomic E-state index is -0.761. The van der Waals surface area contributed by atoms with Gasteiger partial charge in [0.15, 0.2) is 6.61 Å². The van der Waals surface area contributed by atoms with E-state index in [1.165, 1.54) is 4.90 Å². The van der Waals surface area contributed by atoms with Gasteiger partial charge < -0.3 is 15.0 Å². The maximum Gasteiger partial charge on any atom is 0.261 e. The van der Waals surface area contributed by atoms with Crippen LogP contribution in [0.1, 0.15) is 29.2 Å². The van der Waals surface area contributed by atoms with Crippen molar-refractivity contribution in [3.8, 4) is 5.75 Å². The molecule has 0 aliphatic rings. The molecule has 0 unspecified atom stereocenters. The van der Waals surface area contributed by atoms with Crippen molar-refractivity contribution in [2.45, 2.75) is 39.8 Å². The first-order valence-electron chi connectivity index (χ1n) is 11.6. The van der Waals surface area contributed by atoms with Crippen LogP contribution in [-0.2, 0) is 22.6 Å². The summed E-state index contributed by atoms with van der Waals surface area (Å²) < 4.78 is 6.89. The molecule has 5 nitrogen and oxygen atoms in total. The Morgan fingerprint density at radius 3 is 2.31 bits per heavy atom. The highest BCUT2D eigenvalue weighted by atomic mass is 79.9. The van der Waals surface area contributed by atoms with E-state index in [0.717, 1.165) is 21.2 Å². The maximum atomic E-state index is 13.6. The fraction of sp³-hybridized carbons (Fsp3) is 0.286. The lowest BCUT2D eigenvalue weighted by Crippen LogP contribution is -2.51. The highest BCUT2D eigenvalue weighted by Gasteiger charge is 2.31. The van der Waals surface area contributed by atoms with Crippen LogP contribution in [0.5, 0.6) is 5.75 Å². The minimum Gasteiger partial charge on any atom is -0.484 e. The SMILES string of the molecule is CCNC(=O)[C@@H](Cc1ccccc1)N(Cc1ccc(Cl)cc1Cl)C(=O)COc1cc(C)c(Br)c(C)c1. The van der Waals surface area contributed by atoms with Gasteiger partial charge in [0, 0.05) is 34.0 Å². The van der Waals surface area contributed by atoms with Gasteiger partial charge in [-0.3, -0.25) is 9.59 Å². The normalized spacial score (nSPS) is 11.6. The van der Waals surface area contributed by atoms with Crippen molar-refractivity contribution in [1.82, 2.24) is 10.2 Å². The number of rotatable bonds is 10. The molecular weight excluding hydrogens is 563 g/mol. The lowest BCUT2D eigenvalue weighted by molar-refractivity contribution is -0.142. The van der Waals surface area contributed by atoms with E-state index in [9.17, 15) is 9.59 Å². The van der Waals surface area contributed by atoms with Crippen molar-refractivity contribution in [3.63, 3.8) is 0 Å². The van der Waals surface area contributed by atoms with Crippen LogP contribution >= 0.6 is 39.1 Å². The molecule has 1 N–H and O–H groups in total. The molecule has 0 aliphatic carbocycles. The molecule has 0 bridgehead atoms. The standard InChI is InChI=1S/C28H29BrCl2N2O3/c1-4-32-28(35)25(14-20-8-6-5-7-9-20)33(16-21-10-11-22(30)15-24(21)31)26(34)17-36-23-12-18(2)27(29)19(3)13-23/h5-13,15,25H,4,14,16-17H2,1-3H3,(H,32,35)/t25-/m1/s1. The summed E-state index contributed by atoms with van der Waals surface area (Å²) in [7, 11) is 0. The molecule has 3 rings (SSSR count). The smallest absolute Gasteiger partial charge is 0.261 e. The van der Waals surface area contributed by atoms with Crippen molar-refractivity contribution >= 4 is 50.9 Å². The number of carbonyl (C=O) groups is 2. The summed E-state index contributed by atoms with van der Waals surface area (Å²) in [5.74, 6) is 0.0187. The third kappa shape index (κ3) is 7.48. The van der Waals surface area contributed by atoms with Crippen LogP contribution in [-0.4, -0.2) is 35.9 Å². The molecule has 3 aromatic rings. The Kier molecular flexibility index (Phi) is 10.2. The van der Waals surface area contributed by atoms with Gasteiger partial charge in [0.05, 0.1) is 0 Å². The first-order valence-corrected chi connectivity index (χ1v) is 13.2. The average molecular weight is 592 g/mol. The third-order valence-electron chi connectivity index (χ3n) is 5.75. The van der Waals surface area contributed by atoms with Crippen LogP contribution in [0.15, 0.2) is 65.1 Å². The van der Waals surface area contributed by atoms with Crippen molar-refractivity contribution in [2.24, 2.45) is 0 Å². The molecule has 0 radical (unpaired) electrons. The van der Waals surface area contributed by atoms with E-state index in [-0.39, 0.29) is 25.0 Å². The van der Waals surface area contributed by atoms with Gasteiger partial charge in [-0.05, 0) is 67.3 Å². The zero-order chi connectivity index (χ0) is 26.2. The number of halogens is 3. The lowest BCUT2D eigenvalue weighted by atomic mass is 10.0. The molecule has 1 atom stereocenters. The molecule has 0 aliphatic heterocycles. The Morgan fingerprint density at radius 1 is 1.03 bits per heavy atom. The molecule has 0 spiro atoms. The topological polar surface area (TPSA) is 58.6 Å². The third-order valence-corrected chi connectivity index (χ3v) is 7.59. The molecular formula is C28H29BrCl2N2O3. The van der Waals surface area contributed by atoms with Crippen LogP contribution in [0.3, 0.4) is 0 Å². The zero-order valence-corrected chi connectivity index (χ0v) is 23.6. The van der Waals surface area contributed by atoms with Gasteiger partial charge in [-0.15, -0.1) is 0 Å². The van der Waals surface area contributed by atoms with Crippen LogP contribution < -0.4 is 10.1 Å². The van der Waals surface area contributed by atoms with Crippen LogP contribution in [0.2, 0.25) is 10.0 Å². The number of nitrogens with one attached hydrogen (secondary N) is 1. The largest absolute Gasteiger partial charge is 0.484 e. The molecule has 190 valence electrons. The summed E-state index contributed by atoms with van der Waals surface area (Å²) in [5, 5.41) is 3.79. The first kappa shape index (κ1) is 28.0. The Morgan fingerprint density at radius 2 is 1.69 bits per heavy atom. The number of amides is 2. The van der Waals surface area contributed by atoms with Crippen molar-refractivity contribution in [3.05, 3.63) is 97.4 Å². The maximum absolute atomic E-state index is 13.6. The van der Waals surface area contributed by atoms with Gasteiger partial charge >= 0.3 is 0 Å². The second kappa shape index (κ2) is 13.1. The molecule has 8 heteroatoms. The van der Waals surface area contributed by atoms with Gasteiger partial charge in [-0.2, -0.15) is 0 Å². The number of likely N-dealkylation sites (N-methyl/N-ethyl adjacent to an activating group) is 1. The van der Waals surface area contributed by atoms with Gasteiger partial charge in [-0.1, -0.05) is 75.5 Å². The van der Waals surface area contributed by atoms with Crippen LogP contribution in [0.4, 0.5) is 0 Å². The molecule has 0 heterocycles. The second-order valence-corrected chi connectivity index (χ2v) is 10.2. The quantitative estimate of drug-likeness (QED) is 0.292. The molecule has 0 fully saturated rings. The summed E-state index contributed by atoms with van der Waals surface area (Å²) in [6.45, 7) is 6.13. The fourth-order valence-corrected chi connectivity index (χ4v) is 4.59. The Balaban J connectivity index is 1.93. The Hall–Kier alpha value is -2.54. The number of hydrogen-bond acceptors (Lipinski definition) is 3. The summed E-state index contributed by atoms with van der Waals surface area (Å²) in [5.41, 5.74) is 3.64. The van der Waals surface area contributed by atoms with Crippen LogP contribution in [0.25, 0.3) is 0 Å². The monoisotopic (exact) mass is 590 g/mol. The van der Waals surface area contributed by atoms with E-state index in [1.54, 1.807) is 18.2 Å². The predicted octanol–water partition coefficient (Wildman–Crippen LogP) is 6.53. The van der Waals surface area contributed by atoms with Crippen molar-refractivity contribution in [1.29, 1.82) is 0 Å². The Labute approximate surface area is 230 Å². The van der Waals surface area contributed by atoms with E-state index in [0.29, 0.717) is 34.3 Å². The van der Waals surface area contributed by atoms with E-state index >= 15 is 0 Å². The summed E-state index contributed by atoms with van der Waals surface area (Å²) in [6, 6.07) is 17.7. The molecule has 3 aromatic carbocycles.